The summed E-state index contributed by atoms with van der Waals surface area (Å²) in [4.78, 5) is 0. The predicted molar refractivity (Wildman–Crippen MR) is 69.9 cm³/mol. The number of hydrogen-bond donors (Lipinski definition) is 2. The van der Waals surface area contributed by atoms with E-state index < -0.39 is 0 Å². The molecule has 4 heteroatoms. The van der Waals surface area contributed by atoms with Crippen LogP contribution in [-0.2, 0) is 6.42 Å². The number of halogens is 2. The summed E-state index contributed by atoms with van der Waals surface area (Å²) in [5, 5.41) is 13.4. The van der Waals surface area contributed by atoms with E-state index in [1.54, 1.807) is 6.92 Å². The lowest BCUT2D eigenvalue weighted by Crippen LogP contribution is -2.27. The summed E-state index contributed by atoms with van der Waals surface area (Å²) in [6.45, 7) is 2.41. The minimum atomic E-state index is -0.313. The Hall–Kier alpha value is -0.0900. The maximum Gasteiger partial charge on any atom is 0.0636 e. The number of fused-ring (bicyclic) bond motifs is 1. The molecule has 1 aromatic rings. The second-order valence-electron chi connectivity index (χ2n) is 4.30. The van der Waals surface area contributed by atoms with Crippen molar-refractivity contribution in [2.75, 3.05) is 6.54 Å². The summed E-state index contributed by atoms with van der Waals surface area (Å²) < 4.78 is 1.09. The van der Waals surface area contributed by atoms with E-state index in [0.717, 1.165) is 22.3 Å². The van der Waals surface area contributed by atoms with Gasteiger partial charge in [-0.2, -0.15) is 0 Å². The van der Waals surface area contributed by atoms with Gasteiger partial charge in [0.15, 0.2) is 0 Å². The van der Waals surface area contributed by atoms with Gasteiger partial charge in [-0.15, -0.1) is 0 Å². The molecule has 0 fully saturated rings. The highest BCUT2D eigenvalue weighted by Gasteiger charge is 2.24. The molecule has 0 saturated heterocycles. The van der Waals surface area contributed by atoms with Crippen molar-refractivity contribution in [3.05, 3.63) is 32.8 Å². The van der Waals surface area contributed by atoms with Crippen molar-refractivity contribution in [2.24, 2.45) is 0 Å². The van der Waals surface area contributed by atoms with Crippen LogP contribution < -0.4 is 5.32 Å². The molecule has 0 aromatic heterocycles. The summed E-state index contributed by atoms with van der Waals surface area (Å²) in [6.07, 6.45) is 1.82. The minimum absolute atomic E-state index is 0.313. The molecule has 0 spiro atoms. The first-order valence-electron chi connectivity index (χ1n) is 5.47. The smallest absolute Gasteiger partial charge is 0.0636 e. The average molecular weight is 305 g/mol. The number of aliphatic hydroxyl groups is 1. The number of rotatable bonds is 3. The Labute approximate surface area is 109 Å². The van der Waals surface area contributed by atoms with E-state index in [2.05, 4.69) is 21.2 Å². The van der Waals surface area contributed by atoms with Gasteiger partial charge < -0.3 is 10.4 Å². The highest BCUT2D eigenvalue weighted by Crippen LogP contribution is 2.37. The molecule has 0 bridgehead atoms. The van der Waals surface area contributed by atoms with Gasteiger partial charge in [0.25, 0.3) is 0 Å². The van der Waals surface area contributed by atoms with E-state index in [9.17, 15) is 5.11 Å². The van der Waals surface area contributed by atoms with Gasteiger partial charge in [-0.25, -0.2) is 0 Å². The normalized spacial score (nSPS) is 20.9. The predicted octanol–water partition coefficient (Wildman–Crippen LogP) is 3.06. The van der Waals surface area contributed by atoms with Crippen molar-refractivity contribution >= 4 is 27.5 Å². The highest BCUT2D eigenvalue weighted by molar-refractivity contribution is 9.10. The molecule has 88 valence electrons. The molecule has 1 aliphatic rings. The van der Waals surface area contributed by atoms with Crippen LogP contribution in [0, 0.1) is 0 Å². The molecular formula is C12H15BrClNO. The molecule has 0 radical (unpaired) electrons. The molecule has 2 nitrogen and oxygen atoms in total. The van der Waals surface area contributed by atoms with E-state index in [1.165, 1.54) is 11.1 Å². The monoisotopic (exact) mass is 303 g/mol. The van der Waals surface area contributed by atoms with Crippen molar-refractivity contribution in [1.82, 2.24) is 5.32 Å². The molecule has 0 aliphatic heterocycles. The van der Waals surface area contributed by atoms with Crippen molar-refractivity contribution in [3.63, 3.8) is 0 Å². The van der Waals surface area contributed by atoms with Gasteiger partial charge in [0.2, 0.25) is 0 Å². The second-order valence-corrected chi connectivity index (χ2v) is 5.59. The van der Waals surface area contributed by atoms with Gasteiger partial charge in [-0.05, 0) is 43.0 Å². The van der Waals surface area contributed by atoms with Gasteiger partial charge in [-0.1, -0.05) is 27.5 Å². The van der Waals surface area contributed by atoms with Crippen LogP contribution in [0.25, 0.3) is 0 Å². The Morgan fingerprint density at radius 1 is 1.62 bits per heavy atom. The Kier molecular flexibility index (Phi) is 3.90. The highest BCUT2D eigenvalue weighted by atomic mass is 79.9. The Morgan fingerprint density at radius 2 is 2.38 bits per heavy atom. The summed E-state index contributed by atoms with van der Waals surface area (Å²) in [5.74, 6) is 0. The van der Waals surface area contributed by atoms with Crippen LogP contribution in [0.4, 0.5) is 0 Å². The van der Waals surface area contributed by atoms with Crippen LogP contribution in [-0.4, -0.2) is 17.8 Å². The zero-order valence-corrected chi connectivity index (χ0v) is 11.5. The fourth-order valence-corrected chi connectivity index (χ4v) is 3.20. The summed E-state index contributed by atoms with van der Waals surface area (Å²) in [7, 11) is 0. The molecule has 1 aliphatic carbocycles. The third-order valence-corrected chi connectivity index (χ3v) is 3.84. The Morgan fingerprint density at radius 3 is 3.06 bits per heavy atom. The summed E-state index contributed by atoms with van der Waals surface area (Å²) in [5.41, 5.74) is 2.60. The minimum Gasteiger partial charge on any atom is -0.392 e. The lowest BCUT2D eigenvalue weighted by molar-refractivity contribution is 0.186. The molecular weight excluding hydrogens is 289 g/mol. The Balaban J connectivity index is 2.19. The number of benzene rings is 1. The molecule has 1 unspecified atom stereocenters. The third kappa shape index (κ3) is 2.59. The molecule has 1 aromatic carbocycles. The van der Waals surface area contributed by atoms with Gasteiger partial charge >= 0.3 is 0 Å². The zero-order chi connectivity index (χ0) is 11.7. The lowest BCUT2D eigenvalue weighted by Gasteiger charge is -2.15. The topological polar surface area (TPSA) is 32.3 Å². The van der Waals surface area contributed by atoms with E-state index >= 15 is 0 Å². The van der Waals surface area contributed by atoms with Crippen LogP contribution in [0.5, 0.6) is 0 Å². The quantitative estimate of drug-likeness (QED) is 0.899. The van der Waals surface area contributed by atoms with E-state index in [1.807, 2.05) is 12.1 Å². The maximum absolute atomic E-state index is 9.27. The fourth-order valence-electron chi connectivity index (χ4n) is 2.17. The Bertz CT molecular complexity index is 395. The first-order chi connectivity index (χ1) is 7.58. The molecule has 0 heterocycles. The molecule has 2 atom stereocenters. The van der Waals surface area contributed by atoms with Crippen molar-refractivity contribution in [3.8, 4) is 0 Å². The second kappa shape index (κ2) is 5.05. The molecule has 2 rings (SSSR count). The van der Waals surface area contributed by atoms with Crippen molar-refractivity contribution in [1.29, 1.82) is 0 Å². The van der Waals surface area contributed by atoms with Gasteiger partial charge in [0.05, 0.1) is 6.10 Å². The number of aliphatic hydroxyl groups excluding tert-OH is 1. The van der Waals surface area contributed by atoms with Gasteiger partial charge in [0, 0.05) is 22.1 Å². The molecule has 0 amide bonds. The summed E-state index contributed by atoms with van der Waals surface area (Å²) in [6, 6.07) is 4.28. The molecule has 0 saturated carbocycles. The zero-order valence-electron chi connectivity index (χ0n) is 9.13. The third-order valence-electron chi connectivity index (χ3n) is 2.91. The van der Waals surface area contributed by atoms with Crippen LogP contribution in [0.15, 0.2) is 16.6 Å². The standard InChI is InChI=1S/C12H15BrClNO/c1-7(16)6-15-12-3-2-9-10(12)4-8(14)5-11(9)13/h4-5,7,12,15-16H,2-3,6H2,1H3/t7-,12?/m0/s1. The van der Waals surface area contributed by atoms with Crippen molar-refractivity contribution in [2.45, 2.75) is 31.9 Å². The lowest BCUT2D eigenvalue weighted by atomic mass is 10.1. The van der Waals surface area contributed by atoms with Gasteiger partial charge in [0.1, 0.15) is 0 Å². The average Bonchev–Trinajstić information content (AvgIpc) is 2.58. The molecule has 16 heavy (non-hydrogen) atoms. The van der Waals surface area contributed by atoms with E-state index in [0.29, 0.717) is 12.6 Å². The van der Waals surface area contributed by atoms with Crippen LogP contribution >= 0.6 is 27.5 Å². The van der Waals surface area contributed by atoms with Crippen LogP contribution in [0.1, 0.15) is 30.5 Å². The number of hydrogen-bond acceptors (Lipinski definition) is 2. The fraction of sp³-hybridized carbons (Fsp3) is 0.500. The van der Waals surface area contributed by atoms with E-state index in [4.69, 9.17) is 11.6 Å². The molecule has 2 N–H and O–H groups in total. The largest absolute Gasteiger partial charge is 0.392 e. The van der Waals surface area contributed by atoms with Gasteiger partial charge in [-0.3, -0.25) is 0 Å². The number of nitrogens with one attached hydrogen (secondary N) is 1. The van der Waals surface area contributed by atoms with E-state index in [-0.39, 0.29) is 6.10 Å². The van der Waals surface area contributed by atoms with Crippen molar-refractivity contribution < 1.29 is 5.11 Å². The summed E-state index contributed by atoms with van der Waals surface area (Å²) >= 11 is 9.59. The van der Waals surface area contributed by atoms with Crippen LogP contribution in [0.2, 0.25) is 5.02 Å². The van der Waals surface area contributed by atoms with Crippen LogP contribution in [0.3, 0.4) is 0 Å². The maximum atomic E-state index is 9.27. The first-order valence-corrected chi connectivity index (χ1v) is 6.64. The first kappa shape index (κ1) is 12.4. The SMILES string of the molecule is C[C@H](O)CNC1CCc2c(Br)cc(Cl)cc21.